The molecule has 27 heavy (non-hydrogen) atoms. The number of fused-ring (bicyclic) bond motifs is 1. The van der Waals surface area contributed by atoms with Crippen molar-refractivity contribution in [3.05, 3.63) is 38.7 Å². The van der Waals surface area contributed by atoms with Crippen molar-refractivity contribution in [2.24, 2.45) is 0 Å². The van der Waals surface area contributed by atoms with Crippen LogP contribution in [0, 0.1) is 6.92 Å². The molecule has 0 fully saturated rings. The van der Waals surface area contributed by atoms with Gasteiger partial charge in [0.15, 0.2) is 6.61 Å². The van der Waals surface area contributed by atoms with E-state index in [1.165, 1.54) is 0 Å². The standard InChI is InChI=1S/C20H26ClNO5/c1-5-22(6-2)9-8-15-13(4)19-16(21)10-14(11-17(19)27-20(15)24)26-12-18(23)25-7-3/h10-11H,5-9,12H2,1-4H3. The molecule has 1 heterocycles. The lowest BCUT2D eigenvalue weighted by Gasteiger charge is -2.18. The summed E-state index contributed by atoms with van der Waals surface area (Å²) in [5, 5.41) is 1.10. The number of benzene rings is 1. The van der Waals surface area contributed by atoms with Crippen molar-refractivity contribution in [2.75, 3.05) is 32.8 Å². The number of nitrogens with zero attached hydrogens (tertiary/aromatic N) is 1. The van der Waals surface area contributed by atoms with Gasteiger partial charge in [0.05, 0.1) is 11.6 Å². The lowest BCUT2D eigenvalue weighted by molar-refractivity contribution is -0.145. The molecule has 0 saturated heterocycles. The van der Waals surface area contributed by atoms with E-state index in [-0.39, 0.29) is 18.8 Å². The number of carbonyl (C=O) groups is 1. The molecule has 0 radical (unpaired) electrons. The summed E-state index contributed by atoms with van der Waals surface area (Å²) in [6.07, 6.45) is 0.600. The van der Waals surface area contributed by atoms with Gasteiger partial charge in [0.25, 0.3) is 0 Å². The molecule has 7 heteroatoms. The summed E-state index contributed by atoms with van der Waals surface area (Å²) in [6, 6.07) is 3.19. The second-order valence-corrected chi connectivity index (χ2v) is 6.55. The zero-order valence-corrected chi connectivity index (χ0v) is 17.0. The number of carbonyl (C=O) groups excluding carboxylic acids is 1. The summed E-state index contributed by atoms with van der Waals surface area (Å²) >= 11 is 6.42. The number of rotatable bonds is 9. The quantitative estimate of drug-likeness (QED) is 0.477. The normalized spacial score (nSPS) is 11.2. The van der Waals surface area contributed by atoms with Gasteiger partial charge in [-0.2, -0.15) is 0 Å². The van der Waals surface area contributed by atoms with E-state index in [0.717, 1.165) is 25.2 Å². The molecular weight excluding hydrogens is 370 g/mol. The van der Waals surface area contributed by atoms with E-state index in [4.69, 9.17) is 25.5 Å². The van der Waals surface area contributed by atoms with Crippen molar-refractivity contribution in [2.45, 2.75) is 34.1 Å². The second kappa shape index (κ2) is 9.76. The van der Waals surface area contributed by atoms with Crippen LogP contribution in [0.1, 0.15) is 31.9 Å². The number of hydrogen-bond donors (Lipinski definition) is 0. The summed E-state index contributed by atoms with van der Waals surface area (Å²) < 4.78 is 15.7. The van der Waals surface area contributed by atoms with E-state index in [2.05, 4.69) is 18.7 Å². The molecule has 0 aliphatic rings. The van der Waals surface area contributed by atoms with Gasteiger partial charge in [-0.25, -0.2) is 9.59 Å². The third-order valence-corrected chi connectivity index (χ3v) is 4.84. The van der Waals surface area contributed by atoms with Crippen molar-refractivity contribution in [1.29, 1.82) is 0 Å². The van der Waals surface area contributed by atoms with E-state index in [9.17, 15) is 9.59 Å². The summed E-state index contributed by atoms with van der Waals surface area (Å²) in [5.41, 5.74) is 1.42. The Morgan fingerprint density at radius 3 is 2.56 bits per heavy atom. The molecule has 0 N–H and O–H groups in total. The maximum Gasteiger partial charge on any atom is 0.344 e. The maximum absolute atomic E-state index is 12.5. The summed E-state index contributed by atoms with van der Waals surface area (Å²) in [4.78, 5) is 26.2. The Kier molecular flexibility index (Phi) is 7.68. The smallest absolute Gasteiger partial charge is 0.344 e. The molecule has 0 spiro atoms. The minimum Gasteiger partial charge on any atom is -0.482 e. The van der Waals surface area contributed by atoms with Gasteiger partial charge in [-0.05, 0) is 45.0 Å². The SMILES string of the molecule is CCOC(=O)COc1cc(Cl)c2c(C)c(CCN(CC)CC)c(=O)oc2c1. The molecule has 0 atom stereocenters. The van der Waals surface area contributed by atoms with Gasteiger partial charge in [-0.1, -0.05) is 25.4 Å². The molecule has 0 unspecified atom stereocenters. The lowest BCUT2D eigenvalue weighted by atomic mass is 10.0. The molecule has 1 aromatic heterocycles. The number of likely N-dealkylation sites (N-methyl/N-ethyl adjacent to an activating group) is 1. The Hall–Kier alpha value is -2.05. The maximum atomic E-state index is 12.5. The fourth-order valence-electron chi connectivity index (χ4n) is 3.00. The molecular formula is C20H26ClNO5. The first kappa shape index (κ1) is 21.3. The highest BCUT2D eigenvalue weighted by atomic mass is 35.5. The molecule has 0 aliphatic carbocycles. The van der Waals surface area contributed by atoms with Gasteiger partial charge in [0.2, 0.25) is 0 Å². The van der Waals surface area contributed by atoms with Crippen molar-refractivity contribution in [1.82, 2.24) is 4.90 Å². The number of halogens is 1. The van der Waals surface area contributed by atoms with Crippen LogP contribution < -0.4 is 10.4 Å². The average Bonchev–Trinajstić information content (AvgIpc) is 2.62. The Balaban J connectivity index is 2.32. The van der Waals surface area contributed by atoms with Crippen molar-refractivity contribution in [3.8, 4) is 5.75 Å². The Bertz CT molecular complexity index is 858. The molecule has 1 aromatic carbocycles. The van der Waals surface area contributed by atoms with E-state index in [1.54, 1.807) is 19.1 Å². The fourth-order valence-corrected chi connectivity index (χ4v) is 3.34. The predicted molar refractivity (Wildman–Crippen MR) is 106 cm³/mol. The summed E-state index contributed by atoms with van der Waals surface area (Å²) in [7, 11) is 0. The first-order chi connectivity index (χ1) is 12.9. The van der Waals surface area contributed by atoms with Crippen LogP contribution in [0.5, 0.6) is 5.75 Å². The highest BCUT2D eigenvalue weighted by Gasteiger charge is 2.16. The van der Waals surface area contributed by atoms with Crippen LogP contribution in [0.3, 0.4) is 0 Å². The monoisotopic (exact) mass is 395 g/mol. The summed E-state index contributed by atoms with van der Waals surface area (Å²) in [6.45, 7) is 10.5. The van der Waals surface area contributed by atoms with Gasteiger partial charge in [-0.3, -0.25) is 0 Å². The molecule has 148 valence electrons. The molecule has 0 amide bonds. The summed E-state index contributed by atoms with van der Waals surface area (Å²) in [5.74, 6) is -0.128. The van der Waals surface area contributed by atoms with Gasteiger partial charge in [0, 0.05) is 23.6 Å². The van der Waals surface area contributed by atoms with Gasteiger partial charge in [-0.15, -0.1) is 0 Å². The van der Waals surface area contributed by atoms with Crippen LogP contribution in [0.2, 0.25) is 5.02 Å². The predicted octanol–water partition coefficient (Wildman–Crippen LogP) is 3.58. The van der Waals surface area contributed by atoms with Crippen LogP contribution in [-0.2, 0) is 16.0 Å². The largest absolute Gasteiger partial charge is 0.482 e. The third-order valence-electron chi connectivity index (χ3n) is 4.54. The zero-order valence-electron chi connectivity index (χ0n) is 16.3. The minimum absolute atomic E-state index is 0.235. The van der Waals surface area contributed by atoms with Crippen LogP contribution in [0.15, 0.2) is 21.3 Å². The van der Waals surface area contributed by atoms with E-state index in [1.807, 2.05) is 6.92 Å². The van der Waals surface area contributed by atoms with Gasteiger partial charge < -0.3 is 18.8 Å². The van der Waals surface area contributed by atoms with E-state index < -0.39 is 5.97 Å². The van der Waals surface area contributed by atoms with Crippen molar-refractivity contribution < 1.29 is 18.7 Å². The molecule has 0 aliphatic heterocycles. The number of hydrogen-bond acceptors (Lipinski definition) is 6. The highest BCUT2D eigenvalue weighted by Crippen LogP contribution is 2.32. The Morgan fingerprint density at radius 2 is 1.93 bits per heavy atom. The third kappa shape index (κ3) is 5.23. The Morgan fingerprint density at radius 1 is 1.22 bits per heavy atom. The molecule has 0 bridgehead atoms. The van der Waals surface area contributed by atoms with Crippen LogP contribution in [0.25, 0.3) is 11.0 Å². The minimum atomic E-state index is -0.474. The fraction of sp³-hybridized carbons (Fsp3) is 0.500. The number of ether oxygens (including phenoxy) is 2. The van der Waals surface area contributed by atoms with Crippen LogP contribution in [0.4, 0.5) is 0 Å². The Labute approximate surface area is 164 Å². The number of esters is 1. The first-order valence-corrected chi connectivity index (χ1v) is 9.55. The second-order valence-electron chi connectivity index (χ2n) is 6.14. The van der Waals surface area contributed by atoms with Gasteiger partial charge in [0.1, 0.15) is 11.3 Å². The van der Waals surface area contributed by atoms with Crippen molar-refractivity contribution >= 4 is 28.5 Å². The number of aryl methyl sites for hydroxylation is 1. The highest BCUT2D eigenvalue weighted by molar-refractivity contribution is 6.35. The molecule has 6 nitrogen and oxygen atoms in total. The topological polar surface area (TPSA) is 69.0 Å². The van der Waals surface area contributed by atoms with Gasteiger partial charge >= 0.3 is 11.6 Å². The van der Waals surface area contributed by atoms with Crippen LogP contribution in [-0.4, -0.2) is 43.7 Å². The zero-order chi connectivity index (χ0) is 20.0. The van der Waals surface area contributed by atoms with Crippen molar-refractivity contribution in [3.63, 3.8) is 0 Å². The lowest BCUT2D eigenvalue weighted by Crippen LogP contribution is -2.27. The van der Waals surface area contributed by atoms with E-state index in [0.29, 0.717) is 33.7 Å². The molecule has 0 saturated carbocycles. The first-order valence-electron chi connectivity index (χ1n) is 9.17. The molecule has 2 aromatic rings. The average molecular weight is 396 g/mol. The van der Waals surface area contributed by atoms with Crippen LogP contribution >= 0.6 is 11.6 Å². The van der Waals surface area contributed by atoms with E-state index >= 15 is 0 Å². The molecule has 2 rings (SSSR count).